The van der Waals surface area contributed by atoms with Crippen LogP contribution in [0.3, 0.4) is 0 Å². The summed E-state index contributed by atoms with van der Waals surface area (Å²) in [6.07, 6.45) is 0. The minimum Gasteiger partial charge on any atom is -0.459 e. The van der Waals surface area contributed by atoms with Crippen molar-refractivity contribution in [2.24, 2.45) is 5.73 Å². The lowest BCUT2D eigenvalue weighted by atomic mass is 10.4. The zero-order valence-corrected chi connectivity index (χ0v) is 8.28. The molecule has 2 amide bonds. The summed E-state index contributed by atoms with van der Waals surface area (Å²) in [4.78, 5) is 33.8. The number of amides is 2. The molecule has 0 unspecified atom stereocenters. The van der Waals surface area contributed by atoms with Crippen molar-refractivity contribution >= 4 is 17.8 Å². The monoisotopic (exact) mass is 202 g/mol. The highest BCUT2D eigenvalue weighted by molar-refractivity contribution is 6.32. The van der Waals surface area contributed by atoms with E-state index in [1.54, 1.807) is 13.8 Å². The molecule has 0 fully saturated rings. The van der Waals surface area contributed by atoms with Crippen LogP contribution in [0.2, 0.25) is 0 Å². The molecule has 6 heteroatoms. The Hall–Kier alpha value is -1.59. The Morgan fingerprint density at radius 2 is 1.86 bits per heavy atom. The summed E-state index contributed by atoms with van der Waals surface area (Å²) in [5.41, 5.74) is 4.90. The van der Waals surface area contributed by atoms with Gasteiger partial charge in [-0.15, -0.1) is 0 Å². The normalized spacial score (nSPS) is 9.29. The van der Waals surface area contributed by atoms with Crippen LogP contribution in [-0.4, -0.2) is 42.4 Å². The van der Waals surface area contributed by atoms with Gasteiger partial charge in [0.2, 0.25) is 5.91 Å². The Kier molecular flexibility index (Phi) is 5.28. The predicted octanol–water partition coefficient (Wildman–Crippen LogP) is -1.12. The van der Waals surface area contributed by atoms with E-state index in [0.29, 0.717) is 0 Å². The van der Waals surface area contributed by atoms with Gasteiger partial charge in [0.05, 0.1) is 13.2 Å². The number of esters is 1. The molecule has 0 saturated heterocycles. The summed E-state index contributed by atoms with van der Waals surface area (Å²) in [7, 11) is 0. The molecular formula is C8H14N2O4. The Labute approximate surface area is 82.0 Å². The van der Waals surface area contributed by atoms with Crippen LogP contribution in [-0.2, 0) is 19.1 Å². The number of nitrogens with two attached hydrogens (primary N) is 1. The second kappa shape index (κ2) is 5.95. The van der Waals surface area contributed by atoms with Gasteiger partial charge >= 0.3 is 11.9 Å². The average Bonchev–Trinajstić information content (AvgIpc) is 2.13. The van der Waals surface area contributed by atoms with Gasteiger partial charge in [0, 0.05) is 6.54 Å². The molecule has 2 N–H and O–H groups in total. The van der Waals surface area contributed by atoms with E-state index in [-0.39, 0.29) is 19.7 Å². The molecule has 0 spiro atoms. The maximum Gasteiger partial charge on any atom is 0.397 e. The molecule has 14 heavy (non-hydrogen) atoms. The Morgan fingerprint density at radius 1 is 1.29 bits per heavy atom. The fourth-order valence-electron chi connectivity index (χ4n) is 0.837. The molecule has 6 nitrogen and oxygen atoms in total. The lowest BCUT2D eigenvalue weighted by Crippen LogP contribution is -2.42. The van der Waals surface area contributed by atoms with Crippen LogP contribution in [0, 0.1) is 0 Å². The van der Waals surface area contributed by atoms with Crippen LogP contribution in [0.15, 0.2) is 0 Å². The molecule has 0 aromatic heterocycles. The van der Waals surface area contributed by atoms with Crippen molar-refractivity contribution in [3.8, 4) is 0 Å². The Bertz CT molecular complexity index is 239. The highest BCUT2D eigenvalue weighted by Crippen LogP contribution is 1.92. The number of ether oxygens (including phenoxy) is 1. The van der Waals surface area contributed by atoms with Gasteiger partial charge in [-0.1, -0.05) is 0 Å². The van der Waals surface area contributed by atoms with E-state index >= 15 is 0 Å². The molecule has 0 aliphatic rings. The van der Waals surface area contributed by atoms with Gasteiger partial charge in [0.25, 0.3) is 0 Å². The second-order valence-corrected chi connectivity index (χ2v) is 2.51. The van der Waals surface area contributed by atoms with Gasteiger partial charge in [0.1, 0.15) is 0 Å². The lowest BCUT2D eigenvalue weighted by Gasteiger charge is -2.17. The Morgan fingerprint density at radius 3 is 2.21 bits per heavy atom. The van der Waals surface area contributed by atoms with Crippen LogP contribution >= 0.6 is 0 Å². The fraction of sp³-hybridized carbons (Fsp3) is 0.625. The third-order valence-corrected chi connectivity index (χ3v) is 1.47. The van der Waals surface area contributed by atoms with Crippen LogP contribution in [0.25, 0.3) is 0 Å². The summed E-state index contributed by atoms with van der Waals surface area (Å²) in [5, 5.41) is 0. The SMILES string of the molecule is CCOC(=O)C(=O)N(CC)CC(N)=O. The summed E-state index contributed by atoms with van der Waals surface area (Å²) in [5.74, 6) is -2.46. The topological polar surface area (TPSA) is 89.7 Å². The molecule has 0 radical (unpaired) electrons. The molecule has 80 valence electrons. The molecular weight excluding hydrogens is 188 g/mol. The predicted molar refractivity (Wildman–Crippen MR) is 48.1 cm³/mol. The largest absolute Gasteiger partial charge is 0.459 e. The molecule has 0 bridgehead atoms. The van der Waals surface area contributed by atoms with Crippen molar-refractivity contribution in [2.45, 2.75) is 13.8 Å². The first kappa shape index (κ1) is 12.4. The fourth-order valence-corrected chi connectivity index (χ4v) is 0.837. The number of primary amides is 1. The average molecular weight is 202 g/mol. The minimum atomic E-state index is -0.962. The first-order valence-electron chi connectivity index (χ1n) is 4.27. The van der Waals surface area contributed by atoms with Crippen molar-refractivity contribution in [1.82, 2.24) is 4.90 Å². The number of carbonyl (C=O) groups excluding carboxylic acids is 3. The molecule has 0 atom stereocenters. The quantitative estimate of drug-likeness (QED) is 0.462. The molecule has 0 aliphatic carbocycles. The number of likely N-dealkylation sites (N-methyl/N-ethyl adjacent to an activating group) is 1. The summed E-state index contributed by atoms with van der Waals surface area (Å²) < 4.78 is 4.49. The summed E-state index contributed by atoms with van der Waals surface area (Å²) in [6, 6.07) is 0. The van der Waals surface area contributed by atoms with E-state index in [0.717, 1.165) is 4.90 Å². The number of rotatable bonds is 4. The number of hydrogen-bond donors (Lipinski definition) is 1. The Balaban J connectivity index is 4.30. The molecule has 0 aromatic rings. The van der Waals surface area contributed by atoms with Gasteiger partial charge < -0.3 is 15.4 Å². The van der Waals surface area contributed by atoms with Gasteiger partial charge in [0.15, 0.2) is 0 Å². The highest BCUT2D eigenvalue weighted by atomic mass is 16.5. The summed E-state index contributed by atoms with van der Waals surface area (Å²) >= 11 is 0. The maximum absolute atomic E-state index is 11.2. The van der Waals surface area contributed by atoms with Gasteiger partial charge in [-0.05, 0) is 13.8 Å². The second-order valence-electron chi connectivity index (χ2n) is 2.51. The van der Waals surface area contributed by atoms with Crippen LogP contribution in [0.4, 0.5) is 0 Å². The third-order valence-electron chi connectivity index (χ3n) is 1.47. The molecule has 0 heterocycles. The van der Waals surface area contributed by atoms with Gasteiger partial charge in [-0.25, -0.2) is 4.79 Å². The van der Waals surface area contributed by atoms with E-state index in [1.165, 1.54) is 0 Å². The number of hydrogen-bond acceptors (Lipinski definition) is 4. The number of nitrogens with zero attached hydrogens (tertiary/aromatic N) is 1. The summed E-state index contributed by atoms with van der Waals surface area (Å²) in [6.45, 7) is 3.32. The zero-order chi connectivity index (χ0) is 11.1. The van der Waals surface area contributed by atoms with Crippen LogP contribution in [0.5, 0.6) is 0 Å². The van der Waals surface area contributed by atoms with Crippen LogP contribution < -0.4 is 5.73 Å². The lowest BCUT2D eigenvalue weighted by molar-refractivity contribution is -0.160. The van der Waals surface area contributed by atoms with Crippen LogP contribution in [0.1, 0.15) is 13.8 Å². The van der Waals surface area contributed by atoms with Crippen molar-refractivity contribution in [3.63, 3.8) is 0 Å². The molecule has 0 rings (SSSR count). The van der Waals surface area contributed by atoms with Crippen molar-refractivity contribution in [1.29, 1.82) is 0 Å². The highest BCUT2D eigenvalue weighted by Gasteiger charge is 2.22. The smallest absolute Gasteiger partial charge is 0.397 e. The van der Waals surface area contributed by atoms with E-state index < -0.39 is 17.8 Å². The first-order valence-corrected chi connectivity index (χ1v) is 4.27. The van der Waals surface area contributed by atoms with Gasteiger partial charge in [-0.2, -0.15) is 0 Å². The van der Waals surface area contributed by atoms with E-state index in [4.69, 9.17) is 5.73 Å². The molecule has 0 aromatic carbocycles. The maximum atomic E-state index is 11.2. The zero-order valence-electron chi connectivity index (χ0n) is 8.28. The first-order chi connectivity index (χ1) is 6.52. The molecule has 0 saturated carbocycles. The minimum absolute atomic E-state index is 0.124. The third kappa shape index (κ3) is 3.88. The molecule has 0 aliphatic heterocycles. The van der Waals surface area contributed by atoms with E-state index in [2.05, 4.69) is 4.74 Å². The van der Waals surface area contributed by atoms with Crippen molar-refractivity contribution < 1.29 is 19.1 Å². The van der Waals surface area contributed by atoms with E-state index in [1.807, 2.05) is 0 Å². The van der Waals surface area contributed by atoms with Crippen molar-refractivity contribution in [3.05, 3.63) is 0 Å². The van der Waals surface area contributed by atoms with Gasteiger partial charge in [-0.3, -0.25) is 9.59 Å². The van der Waals surface area contributed by atoms with E-state index in [9.17, 15) is 14.4 Å². The van der Waals surface area contributed by atoms with Crippen molar-refractivity contribution in [2.75, 3.05) is 19.7 Å². The number of carbonyl (C=O) groups is 3. The standard InChI is InChI=1S/C8H14N2O4/c1-3-10(5-6(9)11)7(12)8(13)14-4-2/h3-5H2,1-2H3,(H2,9,11).